The van der Waals surface area contributed by atoms with Crippen molar-refractivity contribution in [3.63, 3.8) is 0 Å². The first-order valence-corrected chi connectivity index (χ1v) is 7.60. The summed E-state index contributed by atoms with van der Waals surface area (Å²) in [5.74, 6) is 0. The smallest absolute Gasteiger partial charge is 0.0295 e. The molecule has 1 N–H and O–H groups in total. The Morgan fingerprint density at radius 1 is 1.22 bits per heavy atom. The number of rotatable bonds is 7. The van der Waals surface area contributed by atoms with Gasteiger partial charge in [0.2, 0.25) is 0 Å². The van der Waals surface area contributed by atoms with Crippen molar-refractivity contribution in [2.75, 3.05) is 19.6 Å². The summed E-state index contributed by atoms with van der Waals surface area (Å²) in [7, 11) is 0. The van der Waals surface area contributed by atoms with Crippen LogP contribution in [0, 0.1) is 0 Å². The third kappa shape index (κ3) is 5.09. The summed E-state index contributed by atoms with van der Waals surface area (Å²) in [6.07, 6.45) is 0. The van der Waals surface area contributed by atoms with Gasteiger partial charge in [0, 0.05) is 23.1 Å². The third-order valence-corrected chi connectivity index (χ3v) is 3.80. The number of hydrogen-bond acceptors (Lipinski definition) is 2. The van der Waals surface area contributed by atoms with E-state index in [0.29, 0.717) is 12.1 Å². The van der Waals surface area contributed by atoms with E-state index in [9.17, 15) is 0 Å². The van der Waals surface area contributed by atoms with Crippen molar-refractivity contribution in [2.45, 2.75) is 39.8 Å². The van der Waals surface area contributed by atoms with Gasteiger partial charge in [0.05, 0.1) is 0 Å². The number of hydrogen-bond donors (Lipinski definition) is 1. The lowest BCUT2D eigenvalue weighted by molar-refractivity contribution is 0.264. The average molecular weight is 313 g/mol. The van der Waals surface area contributed by atoms with Crippen LogP contribution in [0.5, 0.6) is 0 Å². The van der Waals surface area contributed by atoms with Gasteiger partial charge in [0.25, 0.3) is 0 Å². The van der Waals surface area contributed by atoms with Crippen LogP contribution >= 0.6 is 15.9 Å². The van der Waals surface area contributed by atoms with Gasteiger partial charge < -0.3 is 10.2 Å². The maximum absolute atomic E-state index is 3.66. The van der Waals surface area contributed by atoms with Gasteiger partial charge in [-0.2, -0.15) is 0 Å². The van der Waals surface area contributed by atoms with Crippen molar-refractivity contribution < 1.29 is 0 Å². The monoisotopic (exact) mass is 312 g/mol. The predicted molar refractivity (Wildman–Crippen MR) is 82.9 cm³/mol. The van der Waals surface area contributed by atoms with Crippen LogP contribution in [0.1, 0.15) is 39.3 Å². The number of likely N-dealkylation sites (N-methyl/N-ethyl adjacent to an activating group) is 1. The maximum Gasteiger partial charge on any atom is 0.0295 e. The van der Waals surface area contributed by atoms with Crippen LogP contribution < -0.4 is 5.32 Å². The Morgan fingerprint density at radius 2 is 1.89 bits per heavy atom. The molecule has 0 fully saturated rings. The molecule has 0 amide bonds. The van der Waals surface area contributed by atoms with Crippen LogP contribution in [0.15, 0.2) is 28.7 Å². The molecule has 2 atom stereocenters. The molecule has 18 heavy (non-hydrogen) atoms. The Hall–Kier alpha value is -0.380. The normalized spacial score (nSPS) is 14.8. The van der Waals surface area contributed by atoms with E-state index in [2.05, 4.69) is 78.1 Å². The predicted octanol–water partition coefficient (Wildman–Crippen LogP) is 3.83. The topological polar surface area (TPSA) is 15.3 Å². The molecule has 0 aliphatic carbocycles. The van der Waals surface area contributed by atoms with E-state index in [1.807, 2.05) is 0 Å². The summed E-state index contributed by atoms with van der Waals surface area (Å²) < 4.78 is 1.14. The largest absolute Gasteiger partial charge is 0.306 e. The molecule has 0 saturated carbocycles. The Labute approximate surface area is 120 Å². The highest BCUT2D eigenvalue weighted by molar-refractivity contribution is 9.10. The lowest BCUT2D eigenvalue weighted by Gasteiger charge is -2.26. The van der Waals surface area contributed by atoms with Crippen molar-refractivity contribution in [3.8, 4) is 0 Å². The van der Waals surface area contributed by atoms with Gasteiger partial charge in [-0.25, -0.2) is 0 Å². The SMILES string of the molecule is CCN(CC)CC(C)NC(C)c1cccc(Br)c1. The quantitative estimate of drug-likeness (QED) is 0.823. The van der Waals surface area contributed by atoms with Gasteiger partial charge in [-0.1, -0.05) is 41.9 Å². The highest BCUT2D eigenvalue weighted by Gasteiger charge is 2.11. The Bertz CT molecular complexity index is 350. The molecule has 3 heteroatoms. The Kier molecular flexibility index (Phi) is 6.90. The van der Waals surface area contributed by atoms with Crippen molar-refractivity contribution in [1.29, 1.82) is 0 Å². The minimum absolute atomic E-state index is 0.382. The molecule has 1 aromatic carbocycles. The maximum atomic E-state index is 3.66. The molecule has 0 aromatic heterocycles. The van der Waals surface area contributed by atoms with E-state index >= 15 is 0 Å². The molecule has 0 aliphatic rings. The first-order chi connectivity index (χ1) is 8.56. The fraction of sp³-hybridized carbons (Fsp3) is 0.600. The summed E-state index contributed by atoms with van der Waals surface area (Å²) in [5, 5.41) is 3.66. The lowest BCUT2D eigenvalue weighted by Crippen LogP contribution is -2.40. The first kappa shape index (κ1) is 15.7. The molecule has 0 bridgehead atoms. The van der Waals surface area contributed by atoms with Gasteiger partial charge in [-0.15, -0.1) is 0 Å². The van der Waals surface area contributed by atoms with Gasteiger partial charge in [0.15, 0.2) is 0 Å². The van der Waals surface area contributed by atoms with E-state index in [4.69, 9.17) is 0 Å². The molecule has 0 spiro atoms. The molecule has 0 heterocycles. The second kappa shape index (κ2) is 7.93. The molecule has 2 nitrogen and oxygen atoms in total. The van der Waals surface area contributed by atoms with E-state index < -0.39 is 0 Å². The van der Waals surface area contributed by atoms with Crippen molar-refractivity contribution in [2.24, 2.45) is 0 Å². The summed E-state index contributed by atoms with van der Waals surface area (Å²) in [6.45, 7) is 12.3. The van der Waals surface area contributed by atoms with Crippen LogP contribution in [0.3, 0.4) is 0 Å². The van der Waals surface area contributed by atoms with Crippen LogP contribution in [0.2, 0.25) is 0 Å². The molecule has 0 radical (unpaired) electrons. The van der Waals surface area contributed by atoms with Crippen molar-refractivity contribution in [3.05, 3.63) is 34.3 Å². The zero-order chi connectivity index (χ0) is 13.5. The van der Waals surface area contributed by atoms with Crippen molar-refractivity contribution >= 4 is 15.9 Å². The van der Waals surface area contributed by atoms with Crippen molar-refractivity contribution in [1.82, 2.24) is 10.2 Å². The molecule has 0 saturated heterocycles. The number of halogens is 1. The lowest BCUT2D eigenvalue weighted by atomic mass is 10.1. The third-order valence-electron chi connectivity index (χ3n) is 3.31. The minimum Gasteiger partial charge on any atom is -0.306 e. The highest BCUT2D eigenvalue weighted by atomic mass is 79.9. The van der Waals surface area contributed by atoms with Gasteiger partial charge in [0.1, 0.15) is 0 Å². The molecule has 1 aromatic rings. The second-order valence-corrected chi connectivity index (χ2v) is 5.75. The highest BCUT2D eigenvalue weighted by Crippen LogP contribution is 2.18. The zero-order valence-electron chi connectivity index (χ0n) is 11.9. The fourth-order valence-electron chi connectivity index (χ4n) is 2.22. The Morgan fingerprint density at radius 3 is 2.44 bits per heavy atom. The van der Waals surface area contributed by atoms with Crippen LogP contribution in [-0.2, 0) is 0 Å². The minimum atomic E-state index is 0.382. The number of benzene rings is 1. The van der Waals surface area contributed by atoms with Gasteiger partial charge in [-0.3, -0.25) is 0 Å². The summed E-state index contributed by atoms with van der Waals surface area (Å²) in [4.78, 5) is 2.45. The van der Waals surface area contributed by atoms with Gasteiger partial charge >= 0.3 is 0 Å². The summed E-state index contributed by atoms with van der Waals surface area (Å²) in [6, 6.07) is 9.39. The van der Waals surface area contributed by atoms with E-state index in [0.717, 1.165) is 24.1 Å². The second-order valence-electron chi connectivity index (χ2n) is 4.83. The Balaban J connectivity index is 2.51. The molecule has 102 valence electrons. The van der Waals surface area contributed by atoms with Crippen LogP contribution in [-0.4, -0.2) is 30.6 Å². The number of nitrogens with one attached hydrogen (secondary N) is 1. The standard InChI is InChI=1S/C15H25BrN2/c1-5-18(6-2)11-12(3)17-13(4)14-8-7-9-15(16)10-14/h7-10,12-13,17H,5-6,11H2,1-4H3. The molecule has 2 unspecified atom stereocenters. The molecular formula is C15H25BrN2. The van der Waals surface area contributed by atoms with Gasteiger partial charge in [-0.05, 0) is 44.6 Å². The first-order valence-electron chi connectivity index (χ1n) is 6.80. The van der Waals surface area contributed by atoms with E-state index in [1.54, 1.807) is 0 Å². The summed E-state index contributed by atoms with van der Waals surface area (Å²) >= 11 is 3.52. The average Bonchev–Trinajstić information content (AvgIpc) is 2.35. The molecule has 0 aliphatic heterocycles. The van der Waals surface area contributed by atoms with E-state index in [-0.39, 0.29) is 0 Å². The summed E-state index contributed by atoms with van der Waals surface area (Å²) in [5.41, 5.74) is 1.33. The van der Waals surface area contributed by atoms with Crippen LogP contribution in [0.25, 0.3) is 0 Å². The fourth-order valence-corrected chi connectivity index (χ4v) is 2.64. The molecule has 1 rings (SSSR count). The zero-order valence-corrected chi connectivity index (χ0v) is 13.5. The number of nitrogens with zero attached hydrogens (tertiary/aromatic N) is 1. The van der Waals surface area contributed by atoms with Crippen LogP contribution in [0.4, 0.5) is 0 Å². The van der Waals surface area contributed by atoms with E-state index in [1.165, 1.54) is 5.56 Å². The molecular weight excluding hydrogens is 288 g/mol.